The summed E-state index contributed by atoms with van der Waals surface area (Å²) in [5.74, 6) is -3.00. The summed E-state index contributed by atoms with van der Waals surface area (Å²) in [5, 5.41) is 0. The molecule has 2 aromatic rings. The highest BCUT2D eigenvalue weighted by Crippen LogP contribution is 2.27. The van der Waals surface area contributed by atoms with E-state index in [1.54, 1.807) is 12.1 Å². The second-order valence-electron chi connectivity index (χ2n) is 7.07. The number of benzene rings is 2. The average Bonchev–Trinajstić information content (AvgIpc) is 2.91. The van der Waals surface area contributed by atoms with Crippen molar-refractivity contribution in [1.82, 2.24) is 0 Å². The maximum atomic E-state index is 12.7. The van der Waals surface area contributed by atoms with Crippen LogP contribution in [0, 0.1) is 0 Å². The Bertz CT molecular complexity index is 1100. The van der Waals surface area contributed by atoms with Gasteiger partial charge in [-0.3, -0.25) is 0 Å². The minimum atomic E-state index is -0.766. The maximum absolute atomic E-state index is 12.7. The van der Waals surface area contributed by atoms with Crippen LogP contribution in [0.15, 0.2) is 87.0 Å². The summed E-state index contributed by atoms with van der Waals surface area (Å²) < 4.78 is 20.4. The minimum Gasteiger partial charge on any atom is -0.458 e. The highest BCUT2D eigenvalue weighted by molar-refractivity contribution is 6.06. The van der Waals surface area contributed by atoms with Gasteiger partial charge in [-0.1, -0.05) is 62.8 Å². The number of carbonyl (C=O) groups is 4. The zero-order chi connectivity index (χ0) is 26.5. The van der Waals surface area contributed by atoms with Crippen molar-refractivity contribution < 1.29 is 38.1 Å². The van der Waals surface area contributed by atoms with E-state index >= 15 is 0 Å². The third kappa shape index (κ3) is 7.14. The minimum absolute atomic E-state index is 0.00935. The quantitative estimate of drug-likeness (QED) is 0.226. The molecule has 0 amide bonds. The Morgan fingerprint density at radius 2 is 0.778 bits per heavy atom. The zero-order valence-electron chi connectivity index (χ0n) is 19.7. The Hall–Kier alpha value is -4.72. The molecule has 0 aliphatic carbocycles. The second kappa shape index (κ2) is 13.9. The number of hydrogen-bond acceptors (Lipinski definition) is 8. The molecule has 0 bridgehead atoms. The Morgan fingerprint density at radius 3 is 1.06 bits per heavy atom. The smallest absolute Gasteiger partial charge is 0.339 e. The standard InChI is InChI=1S/C28H26O8/c1-5-13-33-25(29)21-11-9-19(17-23(21)27(31)35-15-7-3)20-10-12-22(26(30)34-14-6-2)24(18-20)28(32)36-16-8-4/h5-12,17-18H,1-4,13-16H2. The SMILES string of the molecule is C=CCOC(=O)c1ccc(-c2ccc(C(=O)OCC=C)c(C(=O)OCC=C)c2)cc1C(=O)OCC=C. The first-order chi connectivity index (χ1) is 17.4. The Labute approximate surface area is 209 Å². The molecule has 2 aromatic carbocycles. The molecule has 0 fully saturated rings. The van der Waals surface area contributed by atoms with Gasteiger partial charge in [0.15, 0.2) is 0 Å². The molecule has 0 unspecified atom stereocenters. The van der Waals surface area contributed by atoms with Crippen molar-refractivity contribution in [3.63, 3.8) is 0 Å². The first-order valence-electron chi connectivity index (χ1n) is 10.8. The van der Waals surface area contributed by atoms with Crippen molar-refractivity contribution in [1.29, 1.82) is 0 Å². The lowest BCUT2D eigenvalue weighted by Gasteiger charge is -2.13. The molecule has 36 heavy (non-hydrogen) atoms. The van der Waals surface area contributed by atoms with Crippen LogP contribution in [-0.2, 0) is 18.9 Å². The van der Waals surface area contributed by atoms with Crippen LogP contribution in [-0.4, -0.2) is 50.3 Å². The fourth-order valence-electron chi connectivity index (χ4n) is 2.99. The molecule has 0 saturated carbocycles. The van der Waals surface area contributed by atoms with E-state index < -0.39 is 23.9 Å². The predicted molar refractivity (Wildman–Crippen MR) is 134 cm³/mol. The molecule has 0 radical (unpaired) electrons. The summed E-state index contributed by atoms with van der Waals surface area (Å²) >= 11 is 0. The molecule has 0 atom stereocenters. The highest BCUT2D eigenvalue weighted by Gasteiger charge is 2.23. The first-order valence-corrected chi connectivity index (χ1v) is 10.8. The molecule has 0 N–H and O–H groups in total. The second-order valence-corrected chi connectivity index (χ2v) is 7.07. The Morgan fingerprint density at radius 1 is 0.500 bits per heavy atom. The van der Waals surface area contributed by atoms with Gasteiger partial charge < -0.3 is 18.9 Å². The molecule has 0 heterocycles. The molecule has 8 heteroatoms. The van der Waals surface area contributed by atoms with E-state index in [1.807, 2.05) is 0 Å². The molecule has 0 aromatic heterocycles. The van der Waals surface area contributed by atoms with E-state index in [9.17, 15) is 19.2 Å². The zero-order valence-corrected chi connectivity index (χ0v) is 19.7. The first kappa shape index (κ1) is 27.5. The van der Waals surface area contributed by atoms with Gasteiger partial charge in [-0.15, -0.1) is 0 Å². The summed E-state index contributed by atoms with van der Waals surface area (Å²) in [7, 11) is 0. The number of rotatable bonds is 13. The lowest BCUT2D eigenvalue weighted by atomic mass is 9.95. The van der Waals surface area contributed by atoms with Crippen molar-refractivity contribution >= 4 is 23.9 Å². The van der Waals surface area contributed by atoms with Gasteiger partial charge in [-0.05, 0) is 35.4 Å². The van der Waals surface area contributed by atoms with E-state index in [2.05, 4.69) is 26.3 Å². The van der Waals surface area contributed by atoms with Crippen molar-refractivity contribution in [3.8, 4) is 11.1 Å². The van der Waals surface area contributed by atoms with Crippen molar-refractivity contribution in [2.24, 2.45) is 0 Å². The van der Waals surface area contributed by atoms with Crippen LogP contribution < -0.4 is 0 Å². The topological polar surface area (TPSA) is 105 Å². The highest BCUT2D eigenvalue weighted by atomic mass is 16.5. The van der Waals surface area contributed by atoms with Gasteiger partial charge in [-0.2, -0.15) is 0 Å². The lowest BCUT2D eigenvalue weighted by Crippen LogP contribution is -2.15. The van der Waals surface area contributed by atoms with Crippen LogP contribution >= 0.6 is 0 Å². The summed E-state index contributed by atoms with van der Waals surface area (Å²) in [6.07, 6.45) is 5.58. The third-order valence-electron chi connectivity index (χ3n) is 4.58. The molecular formula is C28H26O8. The van der Waals surface area contributed by atoms with Crippen LogP contribution in [0.4, 0.5) is 0 Å². The fraction of sp³-hybridized carbons (Fsp3) is 0.143. The average molecular weight is 491 g/mol. The fourth-order valence-corrected chi connectivity index (χ4v) is 2.99. The summed E-state index contributed by atoms with van der Waals surface area (Å²) in [4.78, 5) is 50.3. The largest absolute Gasteiger partial charge is 0.458 e. The molecule has 0 saturated heterocycles. The van der Waals surface area contributed by atoms with Crippen molar-refractivity contribution in [3.05, 3.63) is 109 Å². The molecular weight excluding hydrogens is 464 g/mol. The third-order valence-corrected chi connectivity index (χ3v) is 4.58. The van der Waals surface area contributed by atoms with Gasteiger partial charge in [0, 0.05) is 0 Å². The monoisotopic (exact) mass is 490 g/mol. The van der Waals surface area contributed by atoms with Gasteiger partial charge in [0.05, 0.1) is 22.3 Å². The predicted octanol–water partition coefficient (Wildman–Crippen LogP) is 4.72. The normalized spacial score (nSPS) is 9.89. The molecule has 0 aliphatic rings. The van der Waals surface area contributed by atoms with Crippen LogP contribution in [0.25, 0.3) is 11.1 Å². The Kier molecular flexibility index (Phi) is 10.6. The summed E-state index contributed by atoms with van der Waals surface area (Å²) in [5.41, 5.74) is 0.811. The molecule has 0 aliphatic heterocycles. The van der Waals surface area contributed by atoms with E-state index in [-0.39, 0.29) is 48.7 Å². The van der Waals surface area contributed by atoms with Gasteiger partial charge in [-0.25, -0.2) is 19.2 Å². The van der Waals surface area contributed by atoms with Gasteiger partial charge in [0.2, 0.25) is 0 Å². The Balaban J connectivity index is 2.59. The van der Waals surface area contributed by atoms with Crippen molar-refractivity contribution in [2.75, 3.05) is 26.4 Å². The van der Waals surface area contributed by atoms with Gasteiger partial charge in [0.1, 0.15) is 26.4 Å². The molecule has 2 rings (SSSR count). The number of carbonyl (C=O) groups excluding carboxylic acids is 4. The number of hydrogen-bond donors (Lipinski definition) is 0. The van der Waals surface area contributed by atoms with Crippen LogP contribution in [0.1, 0.15) is 41.4 Å². The summed E-state index contributed by atoms with van der Waals surface area (Å²) in [6.45, 7) is 13.8. The van der Waals surface area contributed by atoms with E-state index in [1.165, 1.54) is 48.6 Å². The van der Waals surface area contributed by atoms with E-state index in [4.69, 9.17) is 18.9 Å². The number of ether oxygens (including phenoxy) is 4. The van der Waals surface area contributed by atoms with Crippen LogP contribution in [0.2, 0.25) is 0 Å². The molecule has 0 spiro atoms. The molecule has 8 nitrogen and oxygen atoms in total. The van der Waals surface area contributed by atoms with E-state index in [0.717, 1.165) is 0 Å². The lowest BCUT2D eigenvalue weighted by molar-refractivity contribution is 0.0503. The van der Waals surface area contributed by atoms with Crippen molar-refractivity contribution in [2.45, 2.75) is 0 Å². The van der Waals surface area contributed by atoms with Crippen LogP contribution in [0.3, 0.4) is 0 Å². The molecule has 186 valence electrons. The maximum Gasteiger partial charge on any atom is 0.339 e. The van der Waals surface area contributed by atoms with Gasteiger partial charge >= 0.3 is 23.9 Å². The van der Waals surface area contributed by atoms with Crippen LogP contribution in [0.5, 0.6) is 0 Å². The summed E-state index contributed by atoms with van der Waals surface area (Å²) in [6, 6.07) is 8.82. The number of esters is 4. The van der Waals surface area contributed by atoms with E-state index in [0.29, 0.717) is 11.1 Å². The van der Waals surface area contributed by atoms with Gasteiger partial charge in [0.25, 0.3) is 0 Å².